The van der Waals surface area contributed by atoms with Crippen LogP contribution in [-0.2, 0) is 0 Å². The molecule has 0 unspecified atom stereocenters. The molecule has 0 radical (unpaired) electrons. The van der Waals surface area contributed by atoms with Crippen molar-refractivity contribution in [1.82, 2.24) is 4.98 Å². The molecule has 2 rings (SSSR count). The number of aryl methyl sites for hydroxylation is 1. The maximum absolute atomic E-state index is 8.89. The Morgan fingerprint density at radius 3 is 2.76 bits per heavy atom. The number of hydrogen-bond acceptors (Lipinski definition) is 4. The molecule has 0 saturated carbocycles. The number of anilines is 2. The number of nitriles is 1. The Morgan fingerprint density at radius 2 is 2.10 bits per heavy atom. The van der Waals surface area contributed by atoms with Crippen molar-refractivity contribution in [1.29, 1.82) is 5.26 Å². The van der Waals surface area contributed by atoms with E-state index >= 15 is 0 Å². The zero-order valence-electron chi connectivity index (χ0n) is 12.9. The van der Waals surface area contributed by atoms with Crippen molar-refractivity contribution in [3.05, 3.63) is 30.1 Å². The average Bonchev–Trinajstić information content (AvgIpc) is 2.43. The summed E-state index contributed by atoms with van der Waals surface area (Å²) in [6.45, 7) is 8.00. The molecular formula is C17H22N4. The maximum atomic E-state index is 8.89. The predicted molar refractivity (Wildman–Crippen MR) is 88.2 cm³/mol. The van der Waals surface area contributed by atoms with E-state index in [4.69, 9.17) is 11.0 Å². The minimum atomic E-state index is 0.517. The predicted octanol–water partition coefficient (Wildman–Crippen LogP) is 3.50. The highest BCUT2D eigenvalue weighted by Gasteiger charge is 2.13. The second-order valence-corrected chi connectivity index (χ2v) is 5.79. The smallest absolute Gasteiger partial charge is 0.0640 e. The van der Waals surface area contributed by atoms with Gasteiger partial charge < -0.3 is 10.6 Å². The number of fused-ring (bicyclic) bond motifs is 1. The van der Waals surface area contributed by atoms with Gasteiger partial charge in [0.1, 0.15) is 0 Å². The van der Waals surface area contributed by atoms with Crippen LogP contribution in [0.1, 0.15) is 26.0 Å². The highest BCUT2D eigenvalue weighted by molar-refractivity contribution is 6.01. The lowest BCUT2D eigenvalue weighted by atomic mass is 10.1. The summed E-state index contributed by atoms with van der Waals surface area (Å²) in [5.41, 5.74) is 8.91. The molecule has 1 heterocycles. The van der Waals surface area contributed by atoms with E-state index in [2.05, 4.69) is 41.9 Å². The summed E-state index contributed by atoms with van der Waals surface area (Å²) in [6, 6.07) is 8.28. The van der Waals surface area contributed by atoms with Crippen LogP contribution < -0.4 is 10.6 Å². The van der Waals surface area contributed by atoms with Crippen molar-refractivity contribution < 1.29 is 0 Å². The van der Waals surface area contributed by atoms with Gasteiger partial charge in [-0.25, -0.2) is 0 Å². The number of benzene rings is 1. The van der Waals surface area contributed by atoms with Crippen molar-refractivity contribution in [3.63, 3.8) is 0 Å². The van der Waals surface area contributed by atoms with E-state index in [1.807, 2.05) is 19.2 Å². The van der Waals surface area contributed by atoms with Gasteiger partial charge in [0.2, 0.25) is 0 Å². The van der Waals surface area contributed by atoms with E-state index in [9.17, 15) is 0 Å². The molecule has 1 aromatic carbocycles. The Morgan fingerprint density at radius 1 is 1.33 bits per heavy atom. The highest BCUT2D eigenvalue weighted by Crippen LogP contribution is 2.31. The molecule has 0 atom stereocenters. The third-order valence-electron chi connectivity index (χ3n) is 3.47. The number of rotatable bonds is 5. The molecular weight excluding hydrogens is 260 g/mol. The second kappa shape index (κ2) is 6.45. The Hall–Kier alpha value is -2.28. The zero-order chi connectivity index (χ0) is 15.4. The van der Waals surface area contributed by atoms with Gasteiger partial charge in [-0.15, -0.1) is 0 Å². The number of aromatic nitrogens is 1. The first kappa shape index (κ1) is 15.1. The number of hydrogen-bond donors (Lipinski definition) is 1. The summed E-state index contributed by atoms with van der Waals surface area (Å²) in [4.78, 5) is 6.61. The molecule has 0 spiro atoms. The molecule has 0 aliphatic heterocycles. The van der Waals surface area contributed by atoms with Gasteiger partial charge in [-0.1, -0.05) is 13.8 Å². The van der Waals surface area contributed by atoms with Crippen molar-refractivity contribution in [2.45, 2.75) is 27.2 Å². The average molecular weight is 282 g/mol. The SMILES string of the molecule is Cc1cc2c(N(CCC#N)CC(C)C)ccc(N)c2cn1. The maximum Gasteiger partial charge on any atom is 0.0640 e. The number of pyridine rings is 1. The van der Waals surface area contributed by atoms with Gasteiger partial charge in [-0.05, 0) is 31.0 Å². The fourth-order valence-electron chi connectivity index (χ4n) is 2.56. The second-order valence-electron chi connectivity index (χ2n) is 5.79. The highest BCUT2D eigenvalue weighted by atomic mass is 15.1. The first-order valence-electron chi connectivity index (χ1n) is 7.29. The topological polar surface area (TPSA) is 65.9 Å². The van der Waals surface area contributed by atoms with Crippen LogP contribution in [0.2, 0.25) is 0 Å². The third kappa shape index (κ3) is 3.43. The number of nitrogen functional groups attached to an aromatic ring is 1. The fraction of sp³-hybridized carbons (Fsp3) is 0.412. The summed E-state index contributed by atoms with van der Waals surface area (Å²) >= 11 is 0. The van der Waals surface area contributed by atoms with Crippen LogP contribution in [-0.4, -0.2) is 18.1 Å². The Bertz CT molecular complexity index is 670. The van der Waals surface area contributed by atoms with Crippen molar-refractivity contribution >= 4 is 22.1 Å². The van der Waals surface area contributed by atoms with Gasteiger partial charge >= 0.3 is 0 Å². The van der Waals surface area contributed by atoms with Crippen LogP contribution in [0.4, 0.5) is 11.4 Å². The molecule has 2 aromatic rings. The summed E-state index contributed by atoms with van der Waals surface area (Å²) < 4.78 is 0. The lowest BCUT2D eigenvalue weighted by Crippen LogP contribution is -2.28. The van der Waals surface area contributed by atoms with Gasteiger partial charge in [0.15, 0.2) is 0 Å². The van der Waals surface area contributed by atoms with Crippen LogP contribution in [0.3, 0.4) is 0 Å². The third-order valence-corrected chi connectivity index (χ3v) is 3.47. The minimum Gasteiger partial charge on any atom is -0.398 e. The van der Waals surface area contributed by atoms with Crippen LogP contribution in [0, 0.1) is 24.2 Å². The first-order valence-corrected chi connectivity index (χ1v) is 7.29. The molecule has 0 fully saturated rings. The van der Waals surface area contributed by atoms with E-state index in [1.165, 1.54) is 0 Å². The monoisotopic (exact) mass is 282 g/mol. The lowest BCUT2D eigenvalue weighted by molar-refractivity contribution is 0.613. The lowest BCUT2D eigenvalue weighted by Gasteiger charge is -2.27. The van der Waals surface area contributed by atoms with Gasteiger partial charge in [0.05, 0.1) is 12.5 Å². The van der Waals surface area contributed by atoms with E-state index in [0.29, 0.717) is 12.3 Å². The Balaban J connectivity index is 2.53. The largest absolute Gasteiger partial charge is 0.398 e. The standard InChI is InChI=1S/C17H22N4/c1-12(2)11-21(8-4-7-18)17-6-5-16(19)15-10-20-13(3)9-14(15)17/h5-6,9-10,12H,4,8,11,19H2,1-3H3. The van der Waals surface area contributed by atoms with Crippen LogP contribution in [0.15, 0.2) is 24.4 Å². The number of nitrogens with two attached hydrogens (primary N) is 1. The molecule has 4 nitrogen and oxygen atoms in total. The van der Waals surface area contributed by atoms with E-state index in [-0.39, 0.29) is 0 Å². The van der Waals surface area contributed by atoms with Crippen molar-refractivity contribution in [2.75, 3.05) is 23.7 Å². The summed E-state index contributed by atoms with van der Waals surface area (Å²) in [5, 5.41) is 11.0. The van der Waals surface area contributed by atoms with Gasteiger partial charge in [0, 0.05) is 47.1 Å². The van der Waals surface area contributed by atoms with Gasteiger partial charge in [-0.3, -0.25) is 4.98 Å². The minimum absolute atomic E-state index is 0.517. The van der Waals surface area contributed by atoms with Gasteiger partial charge in [0.25, 0.3) is 0 Å². The fourth-order valence-corrected chi connectivity index (χ4v) is 2.56. The molecule has 4 heteroatoms. The Kier molecular flexibility index (Phi) is 4.64. The van der Waals surface area contributed by atoms with Crippen LogP contribution in [0.25, 0.3) is 10.8 Å². The van der Waals surface area contributed by atoms with E-state index in [1.54, 1.807) is 0 Å². The molecule has 1 aromatic heterocycles. The molecule has 0 amide bonds. The molecule has 21 heavy (non-hydrogen) atoms. The van der Waals surface area contributed by atoms with Crippen molar-refractivity contribution in [2.24, 2.45) is 5.92 Å². The normalized spacial score (nSPS) is 10.8. The molecule has 0 saturated heterocycles. The van der Waals surface area contributed by atoms with E-state index < -0.39 is 0 Å². The van der Waals surface area contributed by atoms with Crippen LogP contribution >= 0.6 is 0 Å². The van der Waals surface area contributed by atoms with Crippen LogP contribution in [0.5, 0.6) is 0 Å². The van der Waals surface area contributed by atoms with Gasteiger partial charge in [-0.2, -0.15) is 5.26 Å². The summed E-state index contributed by atoms with van der Waals surface area (Å²) in [7, 11) is 0. The Labute approximate surface area is 126 Å². The molecule has 110 valence electrons. The molecule has 0 aliphatic carbocycles. The zero-order valence-corrected chi connectivity index (χ0v) is 12.9. The molecule has 0 aliphatic rings. The summed E-state index contributed by atoms with van der Waals surface area (Å²) in [6.07, 6.45) is 2.35. The quantitative estimate of drug-likeness (QED) is 0.852. The molecule has 0 bridgehead atoms. The molecule has 2 N–H and O–H groups in total. The van der Waals surface area contributed by atoms with E-state index in [0.717, 1.165) is 40.9 Å². The van der Waals surface area contributed by atoms with Crippen molar-refractivity contribution in [3.8, 4) is 6.07 Å². The summed E-state index contributed by atoms with van der Waals surface area (Å²) in [5.74, 6) is 0.527. The first-order chi connectivity index (χ1) is 10.0. The number of nitrogens with zero attached hydrogens (tertiary/aromatic N) is 3.